The molecule has 0 saturated heterocycles. The van der Waals surface area contributed by atoms with Crippen molar-refractivity contribution in [3.63, 3.8) is 0 Å². The highest BCUT2D eigenvalue weighted by Crippen LogP contribution is 2.32. The summed E-state index contributed by atoms with van der Waals surface area (Å²) in [6, 6.07) is 4.51. The lowest BCUT2D eigenvalue weighted by molar-refractivity contribution is -0.140. The van der Waals surface area contributed by atoms with E-state index in [1.165, 1.54) is 12.1 Å². The molecule has 0 saturated carbocycles. The van der Waals surface area contributed by atoms with Crippen molar-refractivity contribution in [1.82, 2.24) is 4.98 Å². The van der Waals surface area contributed by atoms with Crippen molar-refractivity contribution in [2.75, 3.05) is 5.73 Å². The van der Waals surface area contributed by atoms with Gasteiger partial charge < -0.3 is 5.73 Å². The monoisotopic (exact) mass is 230 g/mol. The lowest BCUT2D eigenvalue weighted by Crippen LogP contribution is -2.09. The molecule has 0 atom stereocenters. The van der Waals surface area contributed by atoms with E-state index in [0.717, 1.165) is 6.07 Å². The van der Waals surface area contributed by atoms with Gasteiger partial charge in [-0.2, -0.15) is 13.2 Å². The van der Waals surface area contributed by atoms with Gasteiger partial charge in [0.25, 0.3) is 0 Å². The van der Waals surface area contributed by atoms with Crippen LogP contribution in [0.3, 0.4) is 0 Å². The summed E-state index contributed by atoms with van der Waals surface area (Å²) in [5.74, 6) is -0.824. The molecule has 2 nitrogen and oxygen atoms in total. The van der Waals surface area contributed by atoms with Gasteiger partial charge in [-0.05, 0) is 12.1 Å². The van der Waals surface area contributed by atoms with Gasteiger partial charge in [0.15, 0.2) is 0 Å². The third kappa shape index (κ3) is 1.66. The average molecular weight is 230 g/mol. The Morgan fingerprint density at radius 2 is 1.88 bits per heavy atom. The first kappa shape index (κ1) is 10.7. The van der Waals surface area contributed by atoms with Crippen molar-refractivity contribution < 1.29 is 17.6 Å². The predicted octanol–water partition coefficient (Wildman–Crippen LogP) is 2.97. The molecule has 0 bridgehead atoms. The van der Waals surface area contributed by atoms with E-state index in [9.17, 15) is 17.6 Å². The minimum Gasteiger partial charge on any atom is -0.398 e. The fourth-order valence-corrected chi connectivity index (χ4v) is 1.38. The molecular weight excluding hydrogens is 224 g/mol. The number of nitrogens with two attached hydrogens (primary N) is 1. The highest BCUT2D eigenvalue weighted by Gasteiger charge is 2.33. The van der Waals surface area contributed by atoms with Crippen LogP contribution in [0, 0.1) is 5.82 Å². The molecule has 1 heterocycles. The maximum absolute atomic E-state index is 13.2. The predicted molar refractivity (Wildman–Crippen MR) is 51.1 cm³/mol. The molecular formula is C10H6F4N2. The van der Waals surface area contributed by atoms with Gasteiger partial charge in [-0.15, -0.1) is 0 Å². The van der Waals surface area contributed by atoms with Crippen molar-refractivity contribution in [3.05, 3.63) is 35.8 Å². The number of aromatic nitrogens is 1. The molecule has 0 radical (unpaired) electrons. The van der Waals surface area contributed by atoms with Crippen LogP contribution in [0.1, 0.15) is 5.69 Å². The lowest BCUT2D eigenvalue weighted by Gasteiger charge is -2.09. The maximum atomic E-state index is 13.2. The summed E-state index contributed by atoms with van der Waals surface area (Å²) >= 11 is 0. The fraction of sp³-hybridized carbons (Fsp3) is 0.100. The number of hydrogen-bond acceptors (Lipinski definition) is 2. The van der Waals surface area contributed by atoms with Gasteiger partial charge >= 0.3 is 6.18 Å². The average Bonchev–Trinajstić information content (AvgIpc) is 2.18. The van der Waals surface area contributed by atoms with Crippen LogP contribution < -0.4 is 5.73 Å². The fourth-order valence-electron chi connectivity index (χ4n) is 1.38. The first-order valence-electron chi connectivity index (χ1n) is 4.31. The number of pyridine rings is 1. The number of fused-ring (bicyclic) bond motifs is 1. The summed E-state index contributed by atoms with van der Waals surface area (Å²) in [5.41, 5.74) is 3.72. The van der Waals surface area contributed by atoms with E-state index in [-0.39, 0.29) is 16.6 Å². The van der Waals surface area contributed by atoms with E-state index in [1.807, 2.05) is 0 Å². The summed E-state index contributed by atoms with van der Waals surface area (Å²) < 4.78 is 50.4. The zero-order valence-corrected chi connectivity index (χ0v) is 7.85. The molecule has 2 rings (SSSR count). The van der Waals surface area contributed by atoms with Crippen LogP contribution >= 0.6 is 0 Å². The third-order valence-electron chi connectivity index (χ3n) is 2.11. The summed E-state index contributed by atoms with van der Waals surface area (Å²) in [5, 5.41) is 0.174. The number of hydrogen-bond donors (Lipinski definition) is 1. The number of anilines is 1. The molecule has 6 heteroatoms. The molecule has 2 aromatic rings. The van der Waals surface area contributed by atoms with Crippen LogP contribution in [0.5, 0.6) is 0 Å². The molecule has 0 fully saturated rings. The second-order valence-corrected chi connectivity index (χ2v) is 3.23. The SMILES string of the molecule is Nc1cc(C(F)(F)F)nc2c(F)cccc12. The van der Waals surface area contributed by atoms with Gasteiger partial charge in [-0.25, -0.2) is 9.37 Å². The van der Waals surface area contributed by atoms with Crippen LogP contribution in [0.25, 0.3) is 10.9 Å². The van der Waals surface area contributed by atoms with E-state index in [4.69, 9.17) is 5.73 Å². The van der Waals surface area contributed by atoms with Gasteiger partial charge in [0.1, 0.15) is 17.0 Å². The van der Waals surface area contributed by atoms with Crippen LogP contribution in [-0.2, 0) is 6.18 Å². The van der Waals surface area contributed by atoms with Crippen LogP contribution in [-0.4, -0.2) is 4.98 Å². The van der Waals surface area contributed by atoms with E-state index < -0.39 is 17.7 Å². The summed E-state index contributed by atoms with van der Waals surface area (Å²) in [6.07, 6.45) is -4.63. The molecule has 0 spiro atoms. The molecule has 0 amide bonds. The highest BCUT2D eigenvalue weighted by molar-refractivity contribution is 5.90. The largest absolute Gasteiger partial charge is 0.433 e. The topological polar surface area (TPSA) is 38.9 Å². The smallest absolute Gasteiger partial charge is 0.398 e. The Labute approximate surface area is 87.7 Å². The maximum Gasteiger partial charge on any atom is 0.433 e. The lowest BCUT2D eigenvalue weighted by atomic mass is 10.1. The number of benzene rings is 1. The second kappa shape index (κ2) is 3.33. The Morgan fingerprint density at radius 1 is 1.19 bits per heavy atom. The Kier molecular flexibility index (Phi) is 2.22. The molecule has 0 aliphatic heterocycles. The molecule has 84 valence electrons. The summed E-state index contributed by atoms with van der Waals surface area (Å²) in [4.78, 5) is 3.23. The zero-order chi connectivity index (χ0) is 11.9. The normalized spacial score (nSPS) is 12.0. The summed E-state index contributed by atoms with van der Waals surface area (Å²) in [6.45, 7) is 0. The standard InChI is InChI=1S/C10H6F4N2/c11-6-3-1-2-5-7(15)4-8(10(12,13)14)16-9(5)6/h1-4H,(H2,15,16). The van der Waals surface area contributed by atoms with E-state index in [1.54, 1.807) is 0 Å². The van der Waals surface area contributed by atoms with Gasteiger partial charge in [-0.1, -0.05) is 12.1 Å². The zero-order valence-electron chi connectivity index (χ0n) is 7.85. The van der Waals surface area contributed by atoms with E-state index in [0.29, 0.717) is 6.07 Å². The van der Waals surface area contributed by atoms with Crippen molar-refractivity contribution in [2.45, 2.75) is 6.18 Å². The third-order valence-corrected chi connectivity index (χ3v) is 2.11. The Morgan fingerprint density at radius 3 is 2.50 bits per heavy atom. The van der Waals surface area contributed by atoms with Crippen molar-refractivity contribution >= 4 is 16.6 Å². The number of nitrogens with zero attached hydrogens (tertiary/aromatic N) is 1. The van der Waals surface area contributed by atoms with Gasteiger partial charge in [0.2, 0.25) is 0 Å². The van der Waals surface area contributed by atoms with E-state index in [2.05, 4.69) is 4.98 Å². The Hall–Kier alpha value is -1.85. The van der Waals surface area contributed by atoms with E-state index >= 15 is 0 Å². The summed E-state index contributed by atoms with van der Waals surface area (Å²) in [7, 11) is 0. The number of alkyl halides is 3. The minimum absolute atomic E-state index is 0.142. The van der Waals surface area contributed by atoms with Crippen LogP contribution in [0.15, 0.2) is 24.3 Å². The molecule has 1 aromatic carbocycles. The van der Waals surface area contributed by atoms with Gasteiger partial charge in [-0.3, -0.25) is 0 Å². The van der Waals surface area contributed by atoms with Crippen molar-refractivity contribution in [2.24, 2.45) is 0 Å². The first-order valence-corrected chi connectivity index (χ1v) is 4.31. The van der Waals surface area contributed by atoms with Crippen LogP contribution in [0.4, 0.5) is 23.2 Å². The molecule has 0 unspecified atom stereocenters. The Bertz CT molecular complexity index is 548. The number of para-hydroxylation sites is 1. The van der Waals surface area contributed by atoms with Gasteiger partial charge in [0.05, 0.1) is 0 Å². The minimum atomic E-state index is -4.63. The number of rotatable bonds is 0. The molecule has 16 heavy (non-hydrogen) atoms. The van der Waals surface area contributed by atoms with Crippen molar-refractivity contribution in [3.8, 4) is 0 Å². The number of halogens is 4. The highest BCUT2D eigenvalue weighted by atomic mass is 19.4. The molecule has 0 aliphatic rings. The van der Waals surface area contributed by atoms with Gasteiger partial charge in [0, 0.05) is 11.1 Å². The molecule has 0 aliphatic carbocycles. The second-order valence-electron chi connectivity index (χ2n) is 3.23. The molecule has 2 N–H and O–H groups in total. The first-order chi connectivity index (χ1) is 7.39. The van der Waals surface area contributed by atoms with Crippen LogP contribution in [0.2, 0.25) is 0 Å². The Balaban J connectivity index is 2.81. The molecule has 1 aromatic heterocycles. The van der Waals surface area contributed by atoms with Crippen molar-refractivity contribution in [1.29, 1.82) is 0 Å². The number of nitrogen functional groups attached to an aromatic ring is 1. The quantitative estimate of drug-likeness (QED) is 0.706.